The van der Waals surface area contributed by atoms with Gasteiger partial charge in [-0.1, -0.05) is 30.3 Å². The van der Waals surface area contributed by atoms with Gasteiger partial charge < -0.3 is 14.7 Å². The van der Waals surface area contributed by atoms with Crippen LogP contribution in [0.25, 0.3) is 0 Å². The Kier molecular flexibility index (Phi) is 4.35. The number of carbonyl (C=O) groups is 1. The lowest BCUT2D eigenvalue weighted by molar-refractivity contribution is -0.130. The van der Waals surface area contributed by atoms with E-state index in [2.05, 4.69) is 65.3 Å². The second-order valence-corrected chi connectivity index (χ2v) is 6.98. The Labute approximate surface area is 149 Å². The van der Waals surface area contributed by atoms with Crippen LogP contribution in [0.3, 0.4) is 0 Å². The molecule has 1 amide bonds. The molecule has 130 valence electrons. The summed E-state index contributed by atoms with van der Waals surface area (Å²) in [7, 11) is 0. The minimum Gasteiger partial charge on any atom is -0.359 e. The molecular weight excluding hydrogens is 310 g/mol. The molecule has 0 unspecified atom stereocenters. The van der Waals surface area contributed by atoms with Gasteiger partial charge in [0.25, 0.3) is 0 Å². The predicted octanol–water partition coefficient (Wildman–Crippen LogP) is 3.66. The van der Waals surface area contributed by atoms with Crippen LogP contribution < -0.4 is 9.80 Å². The molecule has 2 aliphatic rings. The Morgan fingerprint density at radius 1 is 0.960 bits per heavy atom. The van der Waals surface area contributed by atoms with Crippen molar-refractivity contribution in [3.63, 3.8) is 0 Å². The average molecular weight is 335 g/mol. The van der Waals surface area contributed by atoms with Gasteiger partial charge in [-0.15, -0.1) is 0 Å². The van der Waals surface area contributed by atoms with Crippen molar-refractivity contribution in [2.24, 2.45) is 0 Å². The molecule has 1 saturated heterocycles. The highest BCUT2D eigenvalue weighted by Crippen LogP contribution is 2.37. The maximum Gasteiger partial charge on any atom is 0.242 e. The first-order chi connectivity index (χ1) is 12.2. The first kappa shape index (κ1) is 16.0. The largest absolute Gasteiger partial charge is 0.359 e. The van der Waals surface area contributed by atoms with Crippen LogP contribution in [-0.2, 0) is 4.79 Å². The van der Waals surface area contributed by atoms with Crippen LogP contribution in [-0.4, -0.2) is 43.0 Å². The second-order valence-electron chi connectivity index (χ2n) is 6.98. The van der Waals surface area contributed by atoms with Gasteiger partial charge >= 0.3 is 0 Å². The Bertz CT molecular complexity index is 746. The number of nitrogens with zero attached hydrogens (tertiary/aromatic N) is 3. The zero-order valence-electron chi connectivity index (χ0n) is 14.8. The second kappa shape index (κ2) is 6.79. The van der Waals surface area contributed by atoms with Crippen molar-refractivity contribution in [1.29, 1.82) is 0 Å². The molecule has 0 aliphatic carbocycles. The fourth-order valence-corrected chi connectivity index (χ4v) is 4.02. The van der Waals surface area contributed by atoms with Gasteiger partial charge in [0.15, 0.2) is 0 Å². The lowest BCUT2D eigenvalue weighted by atomic mass is 10.1. The predicted molar refractivity (Wildman–Crippen MR) is 103 cm³/mol. The average Bonchev–Trinajstić information content (AvgIpc) is 3.09. The van der Waals surface area contributed by atoms with Gasteiger partial charge in [-0.05, 0) is 44.0 Å². The van der Waals surface area contributed by atoms with Crippen molar-refractivity contribution in [3.8, 4) is 0 Å². The van der Waals surface area contributed by atoms with Gasteiger partial charge in [0.2, 0.25) is 5.91 Å². The van der Waals surface area contributed by atoms with Gasteiger partial charge in [-0.25, -0.2) is 0 Å². The molecule has 0 radical (unpaired) electrons. The van der Waals surface area contributed by atoms with E-state index < -0.39 is 0 Å². The van der Waals surface area contributed by atoms with E-state index in [9.17, 15) is 4.79 Å². The Balaban J connectivity index is 1.58. The molecule has 2 aliphatic heterocycles. The molecule has 4 heteroatoms. The van der Waals surface area contributed by atoms with E-state index in [1.165, 1.54) is 11.4 Å². The number of benzene rings is 2. The van der Waals surface area contributed by atoms with Crippen molar-refractivity contribution in [3.05, 3.63) is 54.6 Å². The van der Waals surface area contributed by atoms with Crippen LogP contribution in [0.1, 0.15) is 19.8 Å². The molecule has 2 heterocycles. The van der Waals surface area contributed by atoms with Gasteiger partial charge in [0.05, 0.1) is 17.9 Å². The van der Waals surface area contributed by atoms with E-state index in [1.54, 1.807) is 0 Å². The van der Waals surface area contributed by atoms with Gasteiger partial charge in [0.1, 0.15) is 0 Å². The first-order valence-corrected chi connectivity index (χ1v) is 9.20. The summed E-state index contributed by atoms with van der Waals surface area (Å²) in [6.07, 6.45) is 2.26. The maximum atomic E-state index is 12.8. The van der Waals surface area contributed by atoms with Crippen molar-refractivity contribution in [2.45, 2.75) is 25.8 Å². The summed E-state index contributed by atoms with van der Waals surface area (Å²) in [6.45, 7) is 5.30. The minimum atomic E-state index is 0.257. The summed E-state index contributed by atoms with van der Waals surface area (Å²) in [4.78, 5) is 19.4. The van der Waals surface area contributed by atoms with Crippen molar-refractivity contribution >= 4 is 23.0 Å². The third-order valence-corrected chi connectivity index (χ3v) is 5.37. The Morgan fingerprint density at radius 2 is 1.68 bits per heavy atom. The van der Waals surface area contributed by atoms with Crippen molar-refractivity contribution < 1.29 is 4.79 Å². The minimum absolute atomic E-state index is 0.257. The van der Waals surface area contributed by atoms with Crippen LogP contribution in [0.4, 0.5) is 17.1 Å². The zero-order valence-corrected chi connectivity index (χ0v) is 14.8. The zero-order chi connectivity index (χ0) is 17.2. The van der Waals surface area contributed by atoms with Gasteiger partial charge in [-0.3, -0.25) is 4.79 Å². The quantitative estimate of drug-likeness (QED) is 0.856. The summed E-state index contributed by atoms with van der Waals surface area (Å²) >= 11 is 0. The normalized spacial score (nSPS) is 19.9. The highest BCUT2D eigenvalue weighted by atomic mass is 16.2. The fourth-order valence-electron chi connectivity index (χ4n) is 4.02. The molecule has 25 heavy (non-hydrogen) atoms. The SMILES string of the molecule is C[C@@H]1CCCN1C(=O)CN1CCN(c2ccccc2)c2ccccc21. The summed E-state index contributed by atoms with van der Waals surface area (Å²) in [5, 5.41) is 0. The number of likely N-dealkylation sites (tertiary alicyclic amines) is 1. The lowest BCUT2D eigenvalue weighted by Gasteiger charge is -2.39. The van der Waals surface area contributed by atoms with E-state index in [0.717, 1.165) is 38.2 Å². The van der Waals surface area contributed by atoms with E-state index in [-0.39, 0.29) is 5.91 Å². The molecule has 4 nitrogen and oxygen atoms in total. The van der Waals surface area contributed by atoms with Crippen LogP contribution in [0.15, 0.2) is 54.6 Å². The first-order valence-electron chi connectivity index (χ1n) is 9.20. The maximum absolute atomic E-state index is 12.8. The van der Waals surface area contributed by atoms with E-state index in [4.69, 9.17) is 0 Å². The molecular formula is C21H25N3O. The molecule has 2 aromatic rings. The number of hydrogen-bond donors (Lipinski definition) is 0. The van der Waals surface area contributed by atoms with Crippen LogP contribution in [0.5, 0.6) is 0 Å². The molecule has 1 fully saturated rings. The third-order valence-electron chi connectivity index (χ3n) is 5.37. The van der Waals surface area contributed by atoms with Crippen LogP contribution in [0, 0.1) is 0 Å². The van der Waals surface area contributed by atoms with E-state index >= 15 is 0 Å². The summed E-state index contributed by atoms with van der Waals surface area (Å²) in [5.74, 6) is 0.257. The van der Waals surface area contributed by atoms with E-state index in [1.807, 2.05) is 11.0 Å². The number of carbonyl (C=O) groups excluding carboxylic acids is 1. The third kappa shape index (κ3) is 3.09. The highest BCUT2D eigenvalue weighted by molar-refractivity contribution is 5.86. The number of amides is 1. The summed E-state index contributed by atoms with van der Waals surface area (Å²) in [6, 6.07) is 19.3. The molecule has 0 saturated carbocycles. The molecule has 0 aromatic heterocycles. The number of hydrogen-bond acceptors (Lipinski definition) is 3. The molecule has 2 aromatic carbocycles. The lowest BCUT2D eigenvalue weighted by Crippen LogP contribution is -2.46. The molecule has 4 rings (SSSR count). The van der Waals surface area contributed by atoms with Crippen LogP contribution >= 0.6 is 0 Å². The standard InChI is InChI=1S/C21H25N3O/c1-17-8-7-13-23(17)21(25)16-22-14-15-24(18-9-3-2-4-10-18)20-12-6-5-11-19(20)22/h2-6,9-12,17H,7-8,13-16H2,1H3/t17-/m1/s1. The highest BCUT2D eigenvalue weighted by Gasteiger charge is 2.29. The summed E-state index contributed by atoms with van der Waals surface area (Å²) < 4.78 is 0. The number of anilines is 3. The number of para-hydroxylation sites is 3. The van der Waals surface area contributed by atoms with Crippen LogP contribution in [0.2, 0.25) is 0 Å². The molecule has 0 spiro atoms. The topological polar surface area (TPSA) is 26.8 Å². The molecule has 0 bridgehead atoms. The number of rotatable bonds is 3. The van der Waals surface area contributed by atoms with Gasteiger partial charge in [0, 0.05) is 31.4 Å². The summed E-state index contributed by atoms with van der Waals surface area (Å²) in [5.41, 5.74) is 3.54. The fraction of sp³-hybridized carbons (Fsp3) is 0.381. The van der Waals surface area contributed by atoms with Crippen molar-refractivity contribution in [1.82, 2.24) is 4.90 Å². The Morgan fingerprint density at radius 3 is 2.40 bits per heavy atom. The molecule has 0 N–H and O–H groups in total. The smallest absolute Gasteiger partial charge is 0.242 e. The van der Waals surface area contributed by atoms with E-state index in [0.29, 0.717) is 12.6 Å². The molecule has 1 atom stereocenters. The Hall–Kier alpha value is -2.49. The van der Waals surface area contributed by atoms with Gasteiger partial charge in [-0.2, -0.15) is 0 Å². The van der Waals surface area contributed by atoms with Crippen molar-refractivity contribution in [2.75, 3.05) is 36.0 Å². The number of fused-ring (bicyclic) bond motifs is 1. The monoisotopic (exact) mass is 335 g/mol.